The van der Waals surface area contributed by atoms with Crippen LogP contribution in [0.4, 0.5) is 0 Å². The largest absolute Gasteiger partial charge is 0.488 e. The van der Waals surface area contributed by atoms with E-state index >= 15 is 0 Å². The standard InChI is InChI=1S/C8H12B2O2/c1-5-3-4-7(10(11)12)6(2)8(5)9/h3-4,11-12H,9H2,1-2H3. The molecule has 0 aromatic heterocycles. The maximum atomic E-state index is 8.98. The molecule has 1 rings (SSSR count). The van der Waals surface area contributed by atoms with Gasteiger partial charge in [0.25, 0.3) is 0 Å². The molecule has 0 aliphatic heterocycles. The molecule has 1 aromatic carbocycles. The molecule has 2 nitrogen and oxygen atoms in total. The maximum absolute atomic E-state index is 8.98. The van der Waals surface area contributed by atoms with Crippen molar-refractivity contribution in [1.29, 1.82) is 0 Å². The minimum Gasteiger partial charge on any atom is -0.423 e. The second kappa shape index (κ2) is 3.33. The summed E-state index contributed by atoms with van der Waals surface area (Å²) in [6, 6.07) is 3.65. The molecule has 0 atom stereocenters. The normalized spacial score (nSPS) is 10.0. The van der Waals surface area contributed by atoms with Crippen LogP contribution >= 0.6 is 0 Å². The van der Waals surface area contributed by atoms with Gasteiger partial charge in [0.2, 0.25) is 0 Å². The van der Waals surface area contributed by atoms with Gasteiger partial charge in [-0.3, -0.25) is 0 Å². The molecule has 0 unspecified atom stereocenters. The van der Waals surface area contributed by atoms with Crippen LogP contribution in [0.1, 0.15) is 11.1 Å². The monoisotopic (exact) mass is 162 g/mol. The quantitative estimate of drug-likeness (QED) is 0.480. The zero-order chi connectivity index (χ0) is 9.30. The van der Waals surface area contributed by atoms with Crippen molar-refractivity contribution < 1.29 is 10.0 Å². The number of hydrogen-bond donors (Lipinski definition) is 2. The fourth-order valence-electron chi connectivity index (χ4n) is 1.26. The Morgan fingerprint density at radius 1 is 1.25 bits per heavy atom. The maximum Gasteiger partial charge on any atom is 0.488 e. The van der Waals surface area contributed by atoms with Crippen molar-refractivity contribution in [1.82, 2.24) is 0 Å². The summed E-state index contributed by atoms with van der Waals surface area (Å²) in [5.74, 6) is 0. The van der Waals surface area contributed by atoms with Gasteiger partial charge in [0.1, 0.15) is 7.85 Å². The van der Waals surface area contributed by atoms with E-state index in [1.165, 1.54) is 5.56 Å². The van der Waals surface area contributed by atoms with E-state index < -0.39 is 7.12 Å². The molecular formula is C8H12B2O2. The highest BCUT2D eigenvalue weighted by molar-refractivity contribution is 6.60. The van der Waals surface area contributed by atoms with Crippen molar-refractivity contribution in [2.45, 2.75) is 13.8 Å². The van der Waals surface area contributed by atoms with Gasteiger partial charge < -0.3 is 10.0 Å². The molecule has 0 radical (unpaired) electrons. The lowest BCUT2D eigenvalue weighted by Gasteiger charge is -2.09. The van der Waals surface area contributed by atoms with Crippen molar-refractivity contribution in [2.75, 3.05) is 0 Å². The van der Waals surface area contributed by atoms with Crippen molar-refractivity contribution in [3.63, 3.8) is 0 Å². The molecule has 0 fully saturated rings. The van der Waals surface area contributed by atoms with Gasteiger partial charge in [-0.1, -0.05) is 28.7 Å². The lowest BCUT2D eigenvalue weighted by Crippen LogP contribution is -2.36. The molecule has 0 bridgehead atoms. The van der Waals surface area contributed by atoms with E-state index in [4.69, 9.17) is 10.0 Å². The Hall–Kier alpha value is -0.730. The van der Waals surface area contributed by atoms with Crippen LogP contribution in [0.15, 0.2) is 12.1 Å². The summed E-state index contributed by atoms with van der Waals surface area (Å²) in [4.78, 5) is 0. The second-order valence-electron chi connectivity index (χ2n) is 3.10. The van der Waals surface area contributed by atoms with E-state index in [1.807, 2.05) is 27.8 Å². The first-order valence-corrected chi connectivity index (χ1v) is 3.97. The lowest BCUT2D eigenvalue weighted by atomic mass is 9.72. The van der Waals surface area contributed by atoms with Crippen LogP contribution < -0.4 is 10.9 Å². The van der Waals surface area contributed by atoms with Gasteiger partial charge in [-0.05, 0) is 19.3 Å². The van der Waals surface area contributed by atoms with E-state index in [9.17, 15) is 0 Å². The van der Waals surface area contributed by atoms with Crippen LogP contribution in [0.3, 0.4) is 0 Å². The highest BCUT2D eigenvalue weighted by Gasteiger charge is 2.14. The Bertz CT molecular complexity index is 297. The first-order valence-electron chi connectivity index (χ1n) is 3.97. The summed E-state index contributed by atoms with van der Waals surface area (Å²) in [7, 11) is 0.626. The molecule has 0 spiro atoms. The fraction of sp³-hybridized carbons (Fsp3) is 0.250. The van der Waals surface area contributed by atoms with Crippen molar-refractivity contribution in [3.05, 3.63) is 23.3 Å². The Labute approximate surface area is 73.8 Å². The Morgan fingerprint density at radius 3 is 2.33 bits per heavy atom. The first kappa shape index (κ1) is 9.36. The molecular weight excluding hydrogens is 150 g/mol. The highest BCUT2D eigenvalue weighted by Crippen LogP contribution is 1.96. The molecule has 0 saturated heterocycles. The molecule has 0 heterocycles. The molecule has 62 valence electrons. The average Bonchev–Trinajstić information content (AvgIpc) is 2.00. The third kappa shape index (κ3) is 1.54. The topological polar surface area (TPSA) is 40.5 Å². The van der Waals surface area contributed by atoms with Gasteiger partial charge >= 0.3 is 7.12 Å². The highest BCUT2D eigenvalue weighted by atomic mass is 16.4. The van der Waals surface area contributed by atoms with E-state index in [0.29, 0.717) is 5.46 Å². The number of hydrogen-bond acceptors (Lipinski definition) is 2. The minimum absolute atomic E-state index is 0.595. The van der Waals surface area contributed by atoms with Crippen LogP contribution in [0.25, 0.3) is 0 Å². The van der Waals surface area contributed by atoms with Gasteiger partial charge in [0.15, 0.2) is 0 Å². The summed E-state index contributed by atoms with van der Waals surface area (Å²) in [6.07, 6.45) is 0. The van der Waals surface area contributed by atoms with E-state index in [1.54, 1.807) is 6.07 Å². The molecule has 0 amide bonds. The van der Waals surface area contributed by atoms with Crippen LogP contribution in [0, 0.1) is 13.8 Å². The zero-order valence-corrected chi connectivity index (χ0v) is 7.63. The van der Waals surface area contributed by atoms with E-state index in [0.717, 1.165) is 11.0 Å². The van der Waals surface area contributed by atoms with Gasteiger partial charge in [-0.2, -0.15) is 0 Å². The summed E-state index contributed by atoms with van der Waals surface area (Å²) < 4.78 is 0. The van der Waals surface area contributed by atoms with Crippen molar-refractivity contribution >= 4 is 25.9 Å². The van der Waals surface area contributed by atoms with Gasteiger partial charge in [-0.25, -0.2) is 0 Å². The van der Waals surface area contributed by atoms with Crippen LogP contribution in [0.5, 0.6) is 0 Å². The van der Waals surface area contributed by atoms with Gasteiger partial charge in [0, 0.05) is 0 Å². The summed E-state index contributed by atoms with van der Waals surface area (Å²) >= 11 is 0. The van der Waals surface area contributed by atoms with Crippen molar-refractivity contribution in [2.24, 2.45) is 0 Å². The molecule has 0 aliphatic carbocycles. The summed E-state index contributed by atoms with van der Waals surface area (Å²) in [5, 5.41) is 18.0. The Kier molecular flexibility index (Phi) is 2.60. The minimum atomic E-state index is -1.36. The SMILES string of the molecule is Bc1c(C)ccc(B(O)O)c1C. The molecule has 4 heteroatoms. The third-order valence-electron chi connectivity index (χ3n) is 2.38. The first-order chi connectivity index (χ1) is 5.54. The van der Waals surface area contributed by atoms with E-state index in [2.05, 4.69) is 0 Å². The number of aryl methyl sites for hydroxylation is 1. The van der Waals surface area contributed by atoms with E-state index in [-0.39, 0.29) is 0 Å². The smallest absolute Gasteiger partial charge is 0.423 e. The summed E-state index contributed by atoms with van der Waals surface area (Å²) in [6.45, 7) is 3.91. The second-order valence-corrected chi connectivity index (χ2v) is 3.10. The van der Waals surface area contributed by atoms with Crippen LogP contribution in [-0.2, 0) is 0 Å². The number of rotatable bonds is 1. The molecule has 0 saturated carbocycles. The molecule has 1 aromatic rings. The fourth-order valence-corrected chi connectivity index (χ4v) is 1.26. The van der Waals surface area contributed by atoms with Gasteiger partial charge in [-0.15, -0.1) is 0 Å². The number of benzene rings is 1. The Balaban J connectivity index is 3.27. The summed E-state index contributed by atoms with van der Waals surface area (Å²) in [5.41, 5.74) is 3.86. The lowest BCUT2D eigenvalue weighted by molar-refractivity contribution is 0.425. The zero-order valence-electron chi connectivity index (χ0n) is 7.63. The average molecular weight is 162 g/mol. The van der Waals surface area contributed by atoms with Crippen molar-refractivity contribution in [3.8, 4) is 0 Å². The molecule has 0 aliphatic rings. The van der Waals surface area contributed by atoms with Gasteiger partial charge in [0.05, 0.1) is 0 Å². The predicted octanol–water partition coefficient (Wildman–Crippen LogP) is -1.76. The Morgan fingerprint density at radius 2 is 1.83 bits per heavy atom. The third-order valence-corrected chi connectivity index (χ3v) is 2.38. The predicted molar refractivity (Wildman–Crippen MR) is 53.9 cm³/mol. The molecule has 2 N–H and O–H groups in total. The van der Waals surface area contributed by atoms with Crippen LogP contribution in [-0.4, -0.2) is 25.0 Å². The molecule has 12 heavy (non-hydrogen) atoms. The van der Waals surface area contributed by atoms with Crippen LogP contribution in [0.2, 0.25) is 0 Å².